The molecular formula is C19H41NO8. The minimum atomic E-state index is -1.21. The van der Waals surface area contributed by atoms with E-state index < -0.39 is 49.7 Å². The summed E-state index contributed by atoms with van der Waals surface area (Å²) in [7, 11) is 0. The van der Waals surface area contributed by atoms with Gasteiger partial charge in [-0.1, -0.05) is 27.7 Å². The highest BCUT2D eigenvalue weighted by atomic mass is 16.7. The highest BCUT2D eigenvalue weighted by Crippen LogP contribution is 2.29. The summed E-state index contributed by atoms with van der Waals surface area (Å²) in [6.45, 7) is 10.9. The molecule has 1 rings (SSSR count). The Hall–Kier alpha value is -0.360. The van der Waals surface area contributed by atoms with E-state index in [9.17, 15) is 20.4 Å². The second-order valence-corrected chi connectivity index (χ2v) is 6.76. The van der Waals surface area contributed by atoms with E-state index >= 15 is 0 Å². The number of hydrogen-bond acceptors (Lipinski definition) is 9. The van der Waals surface area contributed by atoms with Crippen LogP contribution in [0.4, 0.5) is 0 Å². The van der Waals surface area contributed by atoms with Gasteiger partial charge < -0.3 is 45.1 Å². The molecule has 0 aromatic carbocycles. The summed E-state index contributed by atoms with van der Waals surface area (Å²) in [5.41, 5.74) is 5.39. The zero-order valence-corrected chi connectivity index (χ0v) is 18.0. The van der Waals surface area contributed by atoms with Crippen LogP contribution in [0.15, 0.2) is 0 Å². The van der Waals surface area contributed by atoms with Gasteiger partial charge in [0.15, 0.2) is 12.6 Å². The van der Waals surface area contributed by atoms with Crippen LogP contribution in [0.3, 0.4) is 0 Å². The maximum atomic E-state index is 10.2. The van der Waals surface area contributed by atoms with Crippen LogP contribution in [-0.2, 0) is 18.9 Å². The van der Waals surface area contributed by atoms with Gasteiger partial charge in [0.1, 0.15) is 18.3 Å². The minimum Gasteiger partial charge on any atom is -0.394 e. The standard InChI is InChI=1S/C17H35NO8.C2H6/c1-5-12-9(2)14(21)15(22)17(25-12)24-11(4)13(8-19)26-16(10(3)20)23-7-6-18;1-2/h9-17,19-22H,5-8,18H2,1-4H3;1-2H3/t9?,10-,11?,12?,13?,14?,15?,16?,17?;/m1./s1. The molecule has 0 amide bonds. The van der Waals surface area contributed by atoms with E-state index in [1.54, 1.807) is 6.92 Å². The Balaban J connectivity index is 0.00000352. The number of nitrogens with two attached hydrogens (primary N) is 1. The Labute approximate surface area is 168 Å². The molecule has 6 N–H and O–H groups in total. The van der Waals surface area contributed by atoms with E-state index in [4.69, 9.17) is 24.7 Å². The van der Waals surface area contributed by atoms with Gasteiger partial charge in [0, 0.05) is 12.5 Å². The number of aliphatic hydroxyl groups is 4. The molecule has 8 unspecified atom stereocenters. The van der Waals surface area contributed by atoms with Gasteiger partial charge in [0.2, 0.25) is 0 Å². The van der Waals surface area contributed by atoms with E-state index in [1.165, 1.54) is 6.92 Å². The first-order chi connectivity index (χ1) is 13.3. The first-order valence-corrected chi connectivity index (χ1v) is 10.2. The van der Waals surface area contributed by atoms with Gasteiger partial charge in [-0.2, -0.15) is 0 Å². The average molecular weight is 412 g/mol. The topological polar surface area (TPSA) is 144 Å². The van der Waals surface area contributed by atoms with Crippen LogP contribution in [0, 0.1) is 5.92 Å². The fraction of sp³-hybridized carbons (Fsp3) is 1.00. The fourth-order valence-electron chi connectivity index (χ4n) is 2.90. The van der Waals surface area contributed by atoms with Crippen LogP contribution in [0.1, 0.15) is 48.0 Å². The molecule has 9 nitrogen and oxygen atoms in total. The second kappa shape index (κ2) is 14.6. The molecule has 0 aliphatic carbocycles. The van der Waals surface area contributed by atoms with Gasteiger partial charge in [0.25, 0.3) is 0 Å². The molecule has 170 valence electrons. The Morgan fingerprint density at radius 3 is 2.21 bits per heavy atom. The normalized spacial score (nSPS) is 32.0. The van der Waals surface area contributed by atoms with Gasteiger partial charge in [-0.25, -0.2) is 0 Å². The number of ether oxygens (including phenoxy) is 4. The van der Waals surface area contributed by atoms with Crippen molar-refractivity contribution in [1.82, 2.24) is 0 Å². The second-order valence-electron chi connectivity index (χ2n) is 6.76. The van der Waals surface area contributed by atoms with Crippen LogP contribution in [-0.4, -0.2) is 89.4 Å². The van der Waals surface area contributed by atoms with E-state index in [2.05, 4.69) is 0 Å². The smallest absolute Gasteiger partial charge is 0.186 e. The Kier molecular flexibility index (Phi) is 14.4. The predicted octanol–water partition coefficient (Wildman–Crippen LogP) is -0.0298. The summed E-state index contributed by atoms with van der Waals surface area (Å²) in [4.78, 5) is 0. The van der Waals surface area contributed by atoms with Crippen LogP contribution in [0.25, 0.3) is 0 Å². The predicted molar refractivity (Wildman–Crippen MR) is 104 cm³/mol. The molecule has 1 heterocycles. The number of hydrogen-bond donors (Lipinski definition) is 5. The quantitative estimate of drug-likeness (QED) is 0.296. The Morgan fingerprint density at radius 1 is 1.14 bits per heavy atom. The SMILES string of the molecule is CC.CCC1OC(OC(C)C(CO)OC(OCCN)[C@@H](C)O)C(O)C(O)C1C. The van der Waals surface area contributed by atoms with E-state index in [0.717, 1.165) is 0 Å². The molecule has 0 aromatic rings. The molecule has 1 fully saturated rings. The molecule has 0 saturated carbocycles. The molecule has 0 bridgehead atoms. The van der Waals surface area contributed by atoms with Gasteiger partial charge in [-0.3, -0.25) is 0 Å². The van der Waals surface area contributed by atoms with Crippen molar-refractivity contribution in [3.05, 3.63) is 0 Å². The summed E-state index contributed by atoms with van der Waals surface area (Å²) in [5, 5.41) is 39.8. The van der Waals surface area contributed by atoms with Crippen molar-refractivity contribution in [1.29, 1.82) is 0 Å². The third-order valence-electron chi connectivity index (χ3n) is 4.62. The van der Waals surface area contributed by atoms with Gasteiger partial charge in [-0.15, -0.1) is 0 Å². The van der Waals surface area contributed by atoms with Gasteiger partial charge in [0.05, 0.1) is 31.5 Å². The first kappa shape index (κ1) is 27.6. The number of aliphatic hydroxyl groups excluding tert-OH is 4. The van der Waals surface area contributed by atoms with Crippen LogP contribution < -0.4 is 5.73 Å². The lowest BCUT2D eigenvalue weighted by molar-refractivity contribution is -0.312. The molecule has 1 aliphatic rings. The third kappa shape index (κ3) is 8.17. The molecule has 1 saturated heterocycles. The van der Waals surface area contributed by atoms with Crippen molar-refractivity contribution in [2.45, 2.75) is 97.2 Å². The summed E-state index contributed by atoms with van der Waals surface area (Å²) in [5.74, 6) is -0.223. The molecule has 1 aliphatic heterocycles. The van der Waals surface area contributed by atoms with Crippen molar-refractivity contribution in [2.24, 2.45) is 11.7 Å². The summed E-state index contributed by atoms with van der Waals surface area (Å²) in [6.07, 6.45) is -6.27. The first-order valence-electron chi connectivity index (χ1n) is 10.2. The molecule has 9 atom stereocenters. The monoisotopic (exact) mass is 411 g/mol. The average Bonchev–Trinajstić information content (AvgIpc) is 2.69. The zero-order chi connectivity index (χ0) is 21.9. The zero-order valence-electron chi connectivity index (χ0n) is 18.0. The van der Waals surface area contributed by atoms with E-state index in [-0.39, 0.29) is 25.2 Å². The van der Waals surface area contributed by atoms with Crippen molar-refractivity contribution < 1.29 is 39.4 Å². The van der Waals surface area contributed by atoms with Crippen molar-refractivity contribution >= 4 is 0 Å². The lowest BCUT2D eigenvalue weighted by Gasteiger charge is -2.42. The van der Waals surface area contributed by atoms with Crippen molar-refractivity contribution in [3.8, 4) is 0 Å². The summed E-state index contributed by atoms with van der Waals surface area (Å²) in [6, 6.07) is 0. The van der Waals surface area contributed by atoms with Crippen molar-refractivity contribution in [3.63, 3.8) is 0 Å². The molecule has 0 radical (unpaired) electrons. The summed E-state index contributed by atoms with van der Waals surface area (Å²) < 4.78 is 22.4. The molecule has 28 heavy (non-hydrogen) atoms. The largest absolute Gasteiger partial charge is 0.394 e. The maximum absolute atomic E-state index is 10.2. The van der Waals surface area contributed by atoms with Crippen LogP contribution in [0.2, 0.25) is 0 Å². The fourth-order valence-corrected chi connectivity index (χ4v) is 2.90. The maximum Gasteiger partial charge on any atom is 0.186 e. The molecule has 9 heteroatoms. The lowest BCUT2D eigenvalue weighted by Crippen LogP contribution is -2.56. The summed E-state index contributed by atoms with van der Waals surface area (Å²) >= 11 is 0. The highest BCUT2D eigenvalue weighted by Gasteiger charge is 2.43. The lowest BCUT2D eigenvalue weighted by atomic mass is 9.89. The highest BCUT2D eigenvalue weighted by molar-refractivity contribution is 4.87. The Bertz CT molecular complexity index is 385. The van der Waals surface area contributed by atoms with Gasteiger partial charge in [-0.05, 0) is 20.3 Å². The molecule has 0 spiro atoms. The van der Waals surface area contributed by atoms with E-state index in [1.807, 2.05) is 27.7 Å². The van der Waals surface area contributed by atoms with Crippen molar-refractivity contribution in [2.75, 3.05) is 19.8 Å². The minimum absolute atomic E-state index is 0.190. The Morgan fingerprint density at radius 2 is 1.75 bits per heavy atom. The van der Waals surface area contributed by atoms with E-state index in [0.29, 0.717) is 6.42 Å². The van der Waals surface area contributed by atoms with Crippen LogP contribution in [0.5, 0.6) is 0 Å². The third-order valence-corrected chi connectivity index (χ3v) is 4.62. The number of rotatable bonds is 11. The van der Waals surface area contributed by atoms with Crippen LogP contribution >= 0.6 is 0 Å². The molecular weight excluding hydrogens is 370 g/mol. The van der Waals surface area contributed by atoms with Gasteiger partial charge >= 0.3 is 0 Å². The molecule has 0 aromatic heterocycles.